The minimum absolute atomic E-state index is 0.144. The van der Waals surface area contributed by atoms with Gasteiger partial charge in [0.15, 0.2) is 5.58 Å². The van der Waals surface area contributed by atoms with Gasteiger partial charge in [-0.3, -0.25) is 4.79 Å². The molecule has 0 atom stereocenters. The van der Waals surface area contributed by atoms with Crippen LogP contribution in [0.2, 0.25) is 0 Å². The topological polar surface area (TPSA) is 73.0 Å². The van der Waals surface area contributed by atoms with Crippen molar-refractivity contribution in [1.82, 2.24) is 14.8 Å². The highest BCUT2D eigenvalue weighted by molar-refractivity contribution is 7.99. The van der Waals surface area contributed by atoms with Crippen LogP contribution in [0.3, 0.4) is 0 Å². The van der Waals surface area contributed by atoms with Crippen LogP contribution < -0.4 is 5.32 Å². The lowest BCUT2D eigenvalue weighted by Crippen LogP contribution is -2.16. The maximum Gasteiger partial charge on any atom is 0.257 e. The van der Waals surface area contributed by atoms with Crippen molar-refractivity contribution >= 4 is 34.6 Å². The van der Waals surface area contributed by atoms with E-state index < -0.39 is 0 Å². The van der Waals surface area contributed by atoms with Crippen LogP contribution in [-0.4, -0.2) is 26.4 Å². The zero-order chi connectivity index (χ0) is 17.9. The molecule has 2 heterocycles. The number of carbonyl (C=O) groups is 1. The zero-order valence-corrected chi connectivity index (χ0v) is 14.9. The van der Waals surface area contributed by atoms with Gasteiger partial charge in [-0.1, -0.05) is 42.1 Å². The number of fused-ring (bicyclic) bond motifs is 1. The molecule has 1 amide bonds. The summed E-state index contributed by atoms with van der Waals surface area (Å²) in [6, 6.07) is 19.1. The molecule has 0 bridgehead atoms. The molecular formula is C19H16N4O2S. The molecule has 0 unspecified atom stereocenters. The monoisotopic (exact) mass is 364 g/mol. The van der Waals surface area contributed by atoms with Gasteiger partial charge in [-0.05, 0) is 31.2 Å². The van der Waals surface area contributed by atoms with Gasteiger partial charge < -0.3 is 9.73 Å². The summed E-state index contributed by atoms with van der Waals surface area (Å²) < 4.78 is 7.34. The number of hydrogen-bond acceptors (Lipinski definition) is 5. The molecule has 26 heavy (non-hydrogen) atoms. The third kappa shape index (κ3) is 3.48. The minimum atomic E-state index is -0.144. The van der Waals surface area contributed by atoms with Gasteiger partial charge in [0, 0.05) is 6.07 Å². The first-order valence-corrected chi connectivity index (χ1v) is 9.08. The normalized spacial score (nSPS) is 11.0. The number of carbonyl (C=O) groups excluding carboxylic acids is 1. The van der Waals surface area contributed by atoms with Crippen LogP contribution >= 0.6 is 11.8 Å². The lowest BCUT2D eigenvalue weighted by atomic mass is 10.3. The molecule has 0 aliphatic heterocycles. The molecule has 2 aromatic heterocycles. The van der Waals surface area contributed by atoms with Crippen molar-refractivity contribution in [2.45, 2.75) is 12.1 Å². The van der Waals surface area contributed by atoms with E-state index in [1.165, 1.54) is 11.8 Å². The maximum absolute atomic E-state index is 12.4. The van der Waals surface area contributed by atoms with Crippen molar-refractivity contribution in [3.63, 3.8) is 0 Å². The fraction of sp³-hybridized carbons (Fsp3) is 0.105. The van der Waals surface area contributed by atoms with E-state index in [0.29, 0.717) is 16.6 Å². The average molecular weight is 364 g/mol. The summed E-state index contributed by atoms with van der Waals surface area (Å²) in [4.78, 5) is 16.7. The van der Waals surface area contributed by atoms with Gasteiger partial charge in [0.25, 0.3) is 5.22 Å². The Bertz CT molecular complexity index is 1020. The number of nitrogens with zero attached hydrogens (tertiary/aromatic N) is 3. The van der Waals surface area contributed by atoms with E-state index in [-0.39, 0.29) is 11.7 Å². The van der Waals surface area contributed by atoms with E-state index in [4.69, 9.17) is 4.42 Å². The predicted molar refractivity (Wildman–Crippen MR) is 102 cm³/mol. The quantitative estimate of drug-likeness (QED) is 0.541. The Labute approximate surface area is 154 Å². The van der Waals surface area contributed by atoms with Crippen LogP contribution in [0.4, 0.5) is 5.82 Å². The summed E-state index contributed by atoms with van der Waals surface area (Å²) >= 11 is 1.26. The summed E-state index contributed by atoms with van der Waals surface area (Å²) in [6.45, 7) is 1.89. The molecule has 0 saturated heterocycles. The van der Waals surface area contributed by atoms with Gasteiger partial charge in [0.2, 0.25) is 5.91 Å². The van der Waals surface area contributed by atoms with Crippen molar-refractivity contribution in [2.24, 2.45) is 0 Å². The molecule has 0 radical (unpaired) electrons. The first-order chi connectivity index (χ1) is 12.7. The van der Waals surface area contributed by atoms with Gasteiger partial charge in [-0.25, -0.2) is 9.67 Å². The van der Waals surface area contributed by atoms with Gasteiger partial charge in [0.05, 0.1) is 17.1 Å². The number of benzene rings is 2. The summed E-state index contributed by atoms with van der Waals surface area (Å²) in [7, 11) is 0. The Morgan fingerprint density at radius 3 is 2.73 bits per heavy atom. The lowest BCUT2D eigenvalue weighted by Gasteiger charge is -2.08. The maximum atomic E-state index is 12.4. The number of thioether (sulfide) groups is 1. The number of rotatable bonds is 5. The van der Waals surface area contributed by atoms with Crippen molar-refractivity contribution in [1.29, 1.82) is 0 Å². The van der Waals surface area contributed by atoms with E-state index >= 15 is 0 Å². The molecule has 6 nitrogen and oxygen atoms in total. The Kier molecular flexibility index (Phi) is 4.45. The number of oxazole rings is 1. The molecular weight excluding hydrogens is 348 g/mol. The molecule has 2 aromatic carbocycles. The van der Waals surface area contributed by atoms with Gasteiger partial charge in [-0.2, -0.15) is 5.10 Å². The first kappa shape index (κ1) is 16.4. The van der Waals surface area contributed by atoms with Crippen LogP contribution in [0.1, 0.15) is 5.69 Å². The van der Waals surface area contributed by atoms with Crippen molar-refractivity contribution in [3.8, 4) is 5.69 Å². The highest BCUT2D eigenvalue weighted by atomic mass is 32.2. The highest BCUT2D eigenvalue weighted by Gasteiger charge is 2.13. The van der Waals surface area contributed by atoms with E-state index in [2.05, 4.69) is 15.4 Å². The largest absolute Gasteiger partial charge is 0.431 e. The molecule has 7 heteroatoms. The highest BCUT2D eigenvalue weighted by Crippen LogP contribution is 2.23. The number of aryl methyl sites for hydroxylation is 1. The second kappa shape index (κ2) is 7.05. The van der Waals surface area contributed by atoms with Crippen LogP contribution in [0.25, 0.3) is 16.8 Å². The number of para-hydroxylation sites is 3. The summed E-state index contributed by atoms with van der Waals surface area (Å²) in [5, 5.41) is 7.83. The molecule has 130 valence electrons. The SMILES string of the molecule is Cc1cc(NC(=O)CSc2nc3ccccc3o2)n(-c2ccccc2)n1. The van der Waals surface area contributed by atoms with Crippen LogP contribution in [0.15, 0.2) is 70.3 Å². The van der Waals surface area contributed by atoms with Gasteiger partial charge in [0.1, 0.15) is 11.3 Å². The Morgan fingerprint density at radius 1 is 1.15 bits per heavy atom. The van der Waals surface area contributed by atoms with Crippen LogP contribution in [0.5, 0.6) is 0 Å². The molecule has 0 aliphatic carbocycles. The number of amides is 1. The molecule has 4 rings (SSSR count). The first-order valence-electron chi connectivity index (χ1n) is 8.09. The predicted octanol–water partition coefficient (Wildman–Crippen LogP) is 4.05. The third-order valence-corrected chi connectivity index (χ3v) is 4.53. The molecule has 4 aromatic rings. The van der Waals surface area contributed by atoms with Crippen molar-refractivity contribution in [2.75, 3.05) is 11.1 Å². The average Bonchev–Trinajstić information content (AvgIpc) is 3.23. The fourth-order valence-electron chi connectivity index (χ4n) is 2.57. The van der Waals surface area contributed by atoms with Gasteiger partial charge >= 0.3 is 0 Å². The Hall–Kier alpha value is -3.06. The second-order valence-corrected chi connectivity index (χ2v) is 6.63. The van der Waals surface area contributed by atoms with Crippen LogP contribution in [0, 0.1) is 6.92 Å². The molecule has 0 aliphatic rings. The number of aromatic nitrogens is 3. The smallest absolute Gasteiger partial charge is 0.257 e. The number of nitrogens with one attached hydrogen (secondary N) is 1. The Balaban J connectivity index is 1.45. The Morgan fingerprint density at radius 2 is 1.92 bits per heavy atom. The van der Waals surface area contributed by atoms with Crippen molar-refractivity contribution < 1.29 is 9.21 Å². The minimum Gasteiger partial charge on any atom is -0.431 e. The van der Waals surface area contributed by atoms with E-state index in [0.717, 1.165) is 16.9 Å². The molecule has 0 saturated carbocycles. The second-order valence-electron chi connectivity index (χ2n) is 5.70. The van der Waals surface area contributed by atoms with E-state index in [9.17, 15) is 4.79 Å². The molecule has 1 N–H and O–H groups in total. The molecule has 0 fully saturated rings. The summed E-state index contributed by atoms with van der Waals surface area (Å²) in [5.41, 5.74) is 3.22. The standard InChI is InChI=1S/C19H16N4O2S/c1-13-11-17(23(22-13)14-7-3-2-4-8-14)21-18(24)12-26-19-20-15-9-5-6-10-16(15)25-19/h2-11H,12H2,1H3,(H,21,24). The molecule has 0 spiro atoms. The van der Waals surface area contributed by atoms with Crippen LogP contribution in [-0.2, 0) is 4.79 Å². The van der Waals surface area contributed by atoms with E-state index in [1.807, 2.05) is 67.6 Å². The number of hydrogen-bond donors (Lipinski definition) is 1. The van der Waals surface area contributed by atoms with Crippen molar-refractivity contribution in [3.05, 3.63) is 66.4 Å². The lowest BCUT2D eigenvalue weighted by molar-refractivity contribution is -0.113. The zero-order valence-electron chi connectivity index (χ0n) is 14.0. The number of anilines is 1. The summed E-state index contributed by atoms with van der Waals surface area (Å²) in [6.07, 6.45) is 0. The van der Waals surface area contributed by atoms with Gasteiger partial charge in [-0.15, -0.1) is 0 Å². The summed E-state index contributed by atoms with van der Waals surface area (Å²) in [5.74, 6) is 0.692. The van der Waals surface area contributed by atoms with E-state index in [1.54, 1.807) is 4.68 Å². The fourth-order valence-corrected chi connectivity index (χ4v) is 3.21. The third-order valence-electron chi connectivity index (χ3n) is 3.70.